The number of fused-ring (bicyclic) bond motifs is 3. The number of hydrogen-bond acceptors (Lipinski definition) is 1. The summed E-state index contributed by atoms with van der Waals surface area (Å²) >= 11 is 1.05. The van der Waals surface area contributed by atoms with E-state index in [1.54, 1.807) is 23.5 Å². The minimum Gasteiger partial charge on any atom is -1.00 e. The van der Waals surface area contributed by atoms with Gasteiger partial charge in [0.05, 0.1) is 0 Å². The van der Waals surface area contributed by atoms with Crippen molar-refractivity contribution in [2.45, 2.75) is 12.8 Å². The molecule has 0 radical (unpaired) electrons. The Labute approximate surface area is 182 Å². The van der Waals surface area contributed by atoms with Crippen molar-refractivity contribution in [2.24, 2.45) is 0 Å². The molecule has 0 aliphatic heterocycles. The zero-order valence-electron chi connectivity index (χ0n) is 14.0. The Morgan fingerprint density at radius 2 is 1.73 bits per heavy atom. The van der Waals surface area contributed by atoms with E-state index in [2.05, 4.69) is 71.4 Å². The fourth-order valence-corrected chi connectivity index (χ4v) is 8.00. The average Bonchev–Trinajstić information content (AvgIpc) is 3.34. The third-order valence-electron chi connectivity index (χ3n) is 4.90. The minimum absolute atomic E-state index is 0. The van der Waals surface area contributed by atoms with Crippen LogP contribution in [0.2, 0.25) is 0 Å². The van der Waals surface area contributed by atoms with Crippen molar-refractivity contribution in [1.82, 2.24) is 0 Å². The molecule has 128 valence electrons. The molecule has 0 spiro atoms. The maximum absolute atomic E-state index is 2.40. The maximum Gasteiger partial charge on any atom is -1.00 e. The van der Waals surface area contributed by atoms with Crippen LogP contribution in [0.4, 0.5) is 0 Å². The summed E-state index contributed by atoms with van der Waals surface area (Å²) in [6, 6.07) is 18.1. The fourth-order valence-electron chi connectivity index (χ4n) is 3.75. The van der Waals surface area contributed by atoms with E-state index in [1.165, 1.54) is 27.8 Å². The van der Waals surface area contributed by atoms with Crippen LogP contribution in [0.1, 0.15) is 23.1 Å². The Morgan fingerprint density at radius 3 is 2.58 bits per heavy atom. The van der Waals surface area contributed by atoms with Crippen LogP contribution in [0.3, 0.4) is 0 Å². The summed E-state index contributed by atoms with van der Waals surface area (Å²) in [7, 11) is 0. The molecule has 2 aliphatic rings. The average molecular weight is 475 g/mol. The van der Waals surface area contributed by atoms with Crippen LogP contribution in [0.25, 0.3) is 16.7 Å². The van der Waals surface area contributed by atoms with Crippen LogP contribution in [0, 0.1) is 0 Å². The van der Waals surface area contributed by atoms with Crippen LogP contribution >= 0.6 is 11.3 Å². The van der Waals surface area contributed by atoms with Gasteiger partial charge in [0.25, 0.3) is 0 Å². The molecule has 0 N–H and O–H groups in total. The second-order valence-electron chi connectivity index (χ2n) is 6.30. The third kappa shape index (κ3) is 3.45. The summed E-state index contributed by atoms with van der Waals surface area (Å²) in [5.41, 5.74) is 8.96. The van der Waals surface area contributed by atoms with E-state index in [4.69, 9.17) is 0 Å². The quantitative estimate of drug-likeness (QED) is 0.373. The van der Waals surface area contributed by atoms with E-state index in [0.717, 1.165) is 12.8 Å². The molecule has 0 bridgehead atoms. The summed E-state index contributed by atoms with van der Waals surface area (Å²) in [6.07, 6.45) is 6.97. The third-order valence-corrected chi connectivity index (χ3v) is 9.30. The molecular formula is C22H16Cl2SZr. The van der Waals surface area contributed by atoms with Crippen molar-refractivity contribution in [2.75, 3.05) is 0 Å². The second kappa shape index (κ2) is 8.40. The Morgan fingerprint density at radius 1 is 0.885 bits per heavy atom. The second-order valence-corrected chi connectivity index (χ2v) is 10.5. The summed E-state index contributed by atoms with van der Waals surface area (Å²) < 4.78 is 3.39. The molecule has 3 aromatic rings. The molecule has 0 saturated heterocycles. The topological polar surface area (TPSA) is 0 Å². The standard InChI is InChI=1S/C13H9.C9H7S.2ClH.Zr/c1-3-7-12-10(5-1)9-11-6-2-4-8-13(11)12;1-2-4-8(3-1)9-5-6-10-7-9;;;/h1-5,7-8H,9H2;1,3,5-7H,2H2;2*1H;/q;;;;+2/p-2. The summed E-state index contributed by atoms with van der Waals surface area (Å²) in [4.78, 5) is 0. The Kier molecular flexibility index (Phi) is 6.41. The van der Waals surface area contributed by atoms with Gasteiger partial charge < -0.3 is 24.8 Å². The van der Waals surface area contributed by atoms with E-state index in [-0.39, 0.29) is 24.8 Å². The molecule has 0 amide bonds. The predicted molar refractivity (Wildman–Crippen MR) is 99.3 cm³/mol. The first-order chi connectivity index (χ1) is 11.9. The van der Waals surface area contributed by atoms with Gasteiger partial charge in [-0.2, -0.15) is 0 Å². The molecule has 1 aromatic heterocycles. The van der Waals surface area contributed by atoms with Gasteiger partial charge in [-0.25, -0.2) is 0 Å². The van der Waals surface area contributed by atoms with E-state index >= 15 is 0 Å². The number of halogens is 2. The van der Waals surface area contributed by atoms with Crippen LogP contribution in [-0.2, 0) is 29.7 Å². The van der Waals surface area contributed by atoms with Gasteiger partial charge in [-0.3, -0.25) is 0 Å². The molecule has 0 nitrogen and oxygen atoms in total. The van der Waals surface area contributed by atoms with Crippen molar-refractivity contribution in [3.63, 3.8) is 0 Å². The van der Waals surface area contributed by atoms with Crippen LogP contribution in [-0.4, -0.2) is 0 Å². The van der Waals surface area contributed by atoms with Gasteiger partial charge in [-0.15, -0.1) is 0 Å². The molecule has 1 heterocycles. The molecule has 4 heteroatoms. The fraction of sp³-hybridized carbons (Fsp3) is 0.0909. The molecule has 0 fully saturated rings. The Bertz CT molecular complexity index is 987. The number of rotatable bonds is 3. The first kappa shape index (κ1) is 19.8. The largest absolute Gasteiger partial charge is 1.00 e. The summed E-state index contributed by atoms with van der Waals surface area (Å²) in [5.74, 6) is 0. The van der Waals surface area contributed by atoms with Gasteiger partial charge in [0.15, 0.2) is 0 Å². The number of thiophene rings is 1. The zero-order chi connectivity index (χ0) is 15.9. The van der Waals surface area contributed by atoms with Gasteiger partial charge >= 0.3 is 159 Å². The zero-order valence-corrected chi connectivity index (χ0v) is 18.8. The normalized spacial score (nSPS) is 13.5. The van der Waals surface area contributed by atoms with E-state index in [0.29, 0.717) is 0 Å². The van der Waals surface area contributed by atoms with E-state index < -0.39 is 23.2 Å². The van der Waals surface area contributed by atoms with Gasteiger partial charge in [-0.1, -0.05) is 0 Å². The molecule has 2 aliphatic carbocycles. The summed E-state index contributed by atoms with van der Waals surface area (Å²) in [5, 5.41) is 4.48. The molecule has 0 atom stereocenters. The molecule has 26 heavy (non-hydrogen) atoms. The predicted octanol–water partition coefficient (Wildman–Crippen LogP) is -0.594. The minimum atomic E-state index is -0.752. The first-order valence-corrected chi connectivity index (χ1v) is 11.7. The smallest absolute Gasteiger partial charge is 1.00 e. The van der Waals surface area contributed by atoms with Gasteiger partial charge in [0.2, 0.25) is 0 Å². The van der Waals surface area contributed by atoms with E-state index in [9.17, 15) is 0 Å². The maximum atomic E-state index is 2.40. The Hall–Kier alpha value is -0.917. The number of benzene rings is 2. The monoisotopic (exact) mass is 472 g/mol. The van der Waals surface area contributed by atoms with Crippen LogP contribution in [0.15, 0.2) is 74.7 Å². The van der Waals surface area contributed by atoms with Gasteiger partial charge in [0, 0.05) is 0 Å². The van der Waals surface area contributed by atoms with Gasteiger partial charge in [-0.05, 0) is 0 Å². The van der Waals surface area contributed by atoms with E-state index in [1.807, 2.05) is 0 Å². The van der Waals surface area contributed by atoms with Crippen LogP contribution < -0.4 is 28.1 Å². The molecule has 0 unspecified atom stereocenters. The first-order valence-electron chi connectivity index (χ1n) is 8.29. The van der Waals surface area contributed by atoms with Crippen molar-refractivity contribution < 1.29 is 48.0 Å². The van der Waals surface area contributed by atoms with Crippen molar-refractivity contribution >= 4 is 20.2 Å². The summed E-state index contributed by atoms with van der Waals surface area (Å²) in [6.45, 7) is 0. The van der Waals surface area contributed by atoms with Crippen molar-refractivity contribution in [3.8, 4) is 11.1 Å². The molecule has 2 aromatic carbocycles. The van der Waals surface area contributed by atoms with Crippen molar-refractivity contribution in [3.05, 3.63) is 91.4 Å². The Balaban J connectivity index is 0.000000980. The SMILES string of the molecule is C1=CC(c2ccsc2)=[C]([Zr+2][c]2cccc3c2Cc2ccccc2-3)C1.[Cl-].[Cl-]. The van der Waals surface area contributed by atoms with Crippen molar-refractivity contribution in [1.29, 1.82) is 0 Å². The molecular weight excluding hydrogens is 458 g/mol. The number of allylic oxidation sites excluding steroid dienone is 4. The molecule has 0 saturated carbocycles. The van der Waals surface area contributed by atoms with Crippen LogP contribution in [0.5, 0.6) is 0 Å². The number of hydrogen-bond donors (Lipinski definition) is 0. The van der Waals surface area contributed by atoms with Gasteiger partial charge in [0.1, 0.15) is 0 Å². The molecule has 5 rings (SSSR count).